The van der Waals surface area contributed by atoms with Crippen molar-refractivity contribution in [3.05, 3.63) is 0 Å². The Morgan fingerprint density at radius 1 is 1.23 bits per heavy atom. The molecule has 80 valence electrons. The van der Waals surface area contributed by atoms with E-state index in [1.54, 1.807) is 0 Å². The molecule has 0 aliphatic rings. The number of hydrogen-bond acceptors (Lipinski definition) is 1. The van der Waals surface area contributed by atoms with E-state index in [9.17, 15) is 0 Å². The molecular formula is C12H27N. The van der Waals surface area contributed by atoms with Crippen molar-refractivity contribution in [3.63, 3.8) is 0 Å². The molecule has 1 atom stereocenters. The molecular weight excluding hydrogens is 158 g/mol. The Hall–Kier alpha value is -0.0400. The van der Waals surface area contributed by atoms with Crippen molar-refractivity contribution >= 4 is 0 Å². The maximum absolute atomic E-state index is 5.71. The topological polar surface area (TPSA) is 26.0 Å². The van der Waals surface area contributed by atoms with Crippen molar-refractivity contribution in [2.75, 3.05) is 6.54 Å². The lowest BCUT2D eigenvalue weighted by Gasteiger charge is -2.26. The average Bonchev–Trinajstić information content (AvgIpc) is 2.04. The molecule has 0 fully saturated rings. The van der Waals surface area contributed by atoms with Crippen LogP contribution in [0.15, 0.2) is 0 Å². The maximum Gasteiger partial charge on any atom is -0.00257 e. The van der Waals surface area contributed by atoms with Gasteiger partial charge in [-0.05, 0) is 24.3 Å². The van der Waals surface area contributed by atoms with Crippen molar-refractivity contribution < 1.29 is 0 Å². The van der Waals surface area contributed by atoms with Gasteiger partial charge in [0.15, 0.2) is 0 Å². The summed E-state index contributed by atoms with van der Waals surface area (Å²) in [6.07, 6.45) is 6.74. The number of nitrogens with two attached hydrogens (primary N) is 1. The van der Waals surface area contributed by atoms with Gasteiger partial charge in [-0.3, -0.25) is 0 Å². The van der Waals surface area contributed by atoms with E-state index in [0.29, 0.717) is 5.41 Å². The highest BCUT2D eigenvalue weighted by atomic mass is 14.6. The molecule has 0 aromatic rings. The highest BCUT2D eigenvalue weighted by Crippen LogP contribution is 2.26. The molecule has 0 radical (unpaired) electrons. The lowest BCUT2D eigenvalue weighted by Crippen LogP contribution is -2.25. The van der Waals surface area contributed by atoms with E-state index in [1.165, 1.54) is 32.1 Å². The van der Waals surface area contributed by atoms with E-state index in [2.05, 4.69) is 27.7 Å². The van der Waals surface area contributed by atoms with E-state index >= 15 is 0 Å². The van der Waals surface area contributed by atoms with Gasteiger partial charge in [-0.15, -0.1) is 0 Å². The van der Waals surface area contributed by atoms with Crippen LogP contribution in [0.4, 0.5) is 0 Å². The second-order valence-electron chi connectivity index (χ2n) is 5.17. The zero-order valence-corrected chi connectivity index (χ0v) is 9.90. The van der Waals surface area contributed by atoms with Crippen LogP contribution in [0.2, 0.25) is 0 Å². The van der Waals surface area contributed by atoms with Gasteiger partial charge in [0, 0.05) is 0 Å². The van der Waals surface area contributed by atoms with Crippen LogP contribution in [0.25, 0.3) is 0 Å². The van der Waals surface area contributed by atoms with Gasteiger partial charge < -0.3 is 5.73 Å². The van der Waals surface area contributed by atoms with E-state index < -0.39 is 0 Å². The predicted octanol–water partition coefficient (Wildman–Crippen LogP) is 3.58. The van der Waals surface area contributed by atoms with Gasteiger partial charge in [-0.25, -0.2) is 0 Å². The lowest BCUT2D eigenvalue weighted by atomic mass is 9.82. The molecule has 1 heteroatoms. The third-order valence-corrected chi connectivity index (χ3v) is 2.75. The Bertz CT molecular complexity index is 118. The molecule has 0 aliphatic heterocycles. The van der Waals surface area contributed by atoms with E-state index in [1.807, 2.05) is 0 Å². The molecule has 1 unspecified atom stereocenters. The molecule has 1 nitrogen and oxygen atoms in total. The fourth-order valence-corrected chi connectivity index (χ4v) is 1.87. The van der Waals surface area contributed by atoms with Crippen molar-refractivity contribution in [1.29, 1.82) is 0 Å². The van der Waals surface area contributed by atoms with Crippen LogP contribution in [0.5, 0.6) is 0 Å². The first-order valence-corrected chi connectivity index (χ1v) is 5.72. The normalized spacial score (nSPS) is 14.5. The fourth-order valence-electron chi connectivity index (χ4n) is 1.87. The number of rotatable bonds is 7. The van der Waals surface area contributed by atoms with Gasteiger partial charge in [0.25, 0.3) is 0 Å². The minimum Gasteiger partial charge on any atom is -0.330 e. The molecule has 0 saturated heterocycles. The predicted molar refractivity (Wildman–Crippen MR) is 60.8 cm³/mol. The van der Waals surface area contributed by atoms with Crippen LogP contribution < -0.4 is 5.73 Å². The van der Waals surface area contributed by atoms with Crippen molar-refractivity contribution in [2.45, 2.75) is 59.8 Å². The van der Waals surface area contributed by atoms with Gasteiger partial charge in [0.05, 0.1) is 0 Å². The highest BCUT2D eigenvalue weighted by Gasteiger charge is 2.18. The first kappa shape index (κ1) is 13.0. The van der Waals surface area contributed by atoms with Crippen molar-refractivity contribution in [2.24, 2.45) is 17.1 Å². The summed E-state index contributed by atoms with van der Waals surface area (Å²) in [6.45, 7) is 9.96. The Morgan fingerprint density at radius 2 is 1.85 bits per heavy atom. The van der Waals surface area contributed by atoms with Gasteiger partial charge in [-0.2, -0.15) is 0 Å². The molecule has 0 spiro atoms. The maximum atomic E-state index is 5.71. The second kappa shape index (κ2) is 6.42. The summed E-state index contributed by atoms with van der Waals surface area (Å²) in [6, 6.07) is 0. The quantitative estimate of drug-likeness (QED) is 0.603. The Balaban J connectivity index is 3.55. The van der Waals surface area contributed by atoms with Gasteiger partial charge in [0.1, 0.15) is 0 Å². The molecule has 0 aromatic heterocycles. The summed E-state index contributed by atoms with van der Waals surface area (Å²) in [4.78, 5) is 0. The SMILES string of the molecule is CCCCCC(C)CC(C)(C)CN. The smallest absolute Gasteiger partial charge is 0.00257 e. The molecule has 2 N–H and O–H groups in total. The molecule has 0 aliphatic carbocycles. The summed E-state index contributed by atoms with van der Waals surface area (Å²) in [5.74, 6) is 0.838. The zero-order valence-electron chi connectivity index (χ0n) is 9.90. The molecule has 0 rings (SSSR count). The monoisotopic (exact) mass is 185 g/mol. The van der Waals surface area contributed by atoms with Crippen LogP contribution in [-0.2, 0) is 0 Å². The molecule has 0 heterocycles. The third kappa shape index (κ3) is 7.06. The van der Waals surface area contributed by atoms with Crippen molar-refractivity contribution in [3.8, 4) is 0 Å². The average molecular weight is 185 g/mol. The lowest BCUT2D eigenvalue weighted by molar-refractivity contribution is 0.273. The van der Waals surface area contributed by atoms with Crippen LogP contribution in [0.1, 0.15) is 59.8 Å². The Morgan fingerprint density at radius 3 is 2.31 bits per heavy atom. The van der Waals surface area contributed by atoms with Crippen molar-refractivity contribution in [1.82, 2.24) is 0 Å². The summed E-state index contributed by atoms with van der Waals surface area (Å²) in [7, 11) is 0. The summed E-state index contributed by atoms with van der Waals surface area (Å²) < 4.78 is 0. The Kier molecular flexibility index (Phi) is 6.40. The van der Waals surface area contributed by atoms with Gasteiger partial charge in [0.2, 0.25) is 0 Å². The second-order valence-corrected chi connectivity index (χ2v) is 5.17. The van der Waals surface area contributed by atoms with Crippen LogP contribution in [0, 0.1) is 11.3 Å². The molecule has 0 saturated carbocycles. The number of hydrogen-bond donors (Lipinski definition) is 1. The van der Waals surface area contributed by atoms with Gasteiger partial charge in [-0.1, -0.05) is 53.4 Å². The van der Waals surface area contributed by atoms with Crippen LogP contribution >= 0.6 is 0 Å². The van der Waals surface area contributed by atoms with E-state index in [4.69, 9.17) is 5.73 Å². The summed E-state index contributed by atoms with van der Waals surface area (Å²) in [5, 5.41) is 0. The summed E-state index contributed by atoms with van der Waals surface area (Å²) >= 11 is 0. The molecule has 13 heavy (non-hydrogen) atoms. The van der Waals surface area contributed by atoms with Crippen LogP contribution in [-0.4, -0.2) is 6.54 Å². The van der Waals surface area contributed by atoms with Gasteiger partial charge >= 0.3 is 0 Å². The Labute approximate surface area is 84.1 Å². The van der Waals surface area contributed by atoms with E-state index in [0.717, 1.165) is 12.5 Å². The van der Waals surface area contributed by atoms with Crippen LogP contribution in [0.3, 0.4) is 0 Å². The first-order chi connectivity index (χ1) is 6.02. The minimum atomic E-state index is 0.339. The first-order valence-electron chi connectivity index (χ1n) is 5.72. The zero-order chi connectivity index (χ0) is 10.3. The largest absolute Gasteiger partial charge is 0.330 e. The molecule has 0 bridgehead atoms. The number of unbranched alkanes of at least 4 members (excludes halogenated alkanes) is 2. The summed E-state index contributed by atoms with van der Waals surface area (Å²) in [5.41, 5.74) is 6.05. The fraction of sp³-hybridized carbons (Fsp3) is 1.00. The van der Waals surface area contributed by atoms with E-state index in [-0.39, 0.29) is 0 Å². The molecule has 0 aromatic carbocycles. The highest BCUT2D eigenvalue weighted by molar-refractivity contribution is 4.72. The third-order valence-electron chi connectivity index (χ3n) is 2.75. The molecule has 0 amide bonds. The standard InChI is InChI=1S/C12H27N/c1-5-6-7-8-11(2)9-12(3,4)10-13/h11H,5-10,13H2,1-4H3. The minimum absolute atomic E-state index is 0.339.